The number of pyridine rings is 1. The standard InChI is InChI=1S/C21H22N6O3/c1-23-21-18-17(8-10-24-21)27(25-19(18)20(22)30)15-5-3-4-14(12-15)6-7-16(29)9-11-26(2)13-28/h3-5,8,10,12-13,16,29H,9,11H2,1-2H3,(H2,22,30)(H,23,24). The van der Waals surface area contributed by atoms with E-state index in [1.54, 1.807) is 37.1 Å². The summed E-state index contributed by atoms with van der Waals surface area (Å²) in [5.74, 6) is 5.56. The summed E-state index contributed by atoms with van der Waals surface area (Å²) in [4.78, 5) is 28.2. The van der Waals surface area contributed by atoms with E-state index in [9.17, 15) is 14.7 Å². The van der Waals surface area contributed by atoms with Crippen LogP contribution in [0, 0.1) is 11.8 Å². The number of primary amides is 1. The Kier molecular flexibility index (Phi) is 6.29. The molecule has 0 saturated carbocycles. The van der Waals surface area contributed by atoms with Gasteiger partial charge in [0, 0.05) is 38.8 Å². The first kappa shape index (κ1) is 20.8. The summed E-state index contributed by atoms with van der Waals surface area (Å²) in [6.07, 6.45) is 1.82. The maximum atomic E-state index is 11.9. The van der Waals surface area contributed by atoms with E-state index in [1.807, 2.05) is 18.2 Å². The van der Waals surface area contributed by atoms with Crippen LogP contribution >= 0.6 is 0 Å². The highest BCUT2D eigenvalue weighted by Crippen LogP contribution is 2.27. The molecule has 3 aromatic rings. The van der Waals surface area contributed by atoms with E-state index >= 15 is 0 Å². The smallest absolute Gasteiger partial charge is 0.270 e. The van der Waals surface area contributed by atoms with Crippen molar-refractivity contribution in [2.45, 2.75) is 12.5 Å². The lowest BCUT2D eigenvalue weighted by atomic mass is 10.1. The average molecular weight is 406 g/mol. The molecule has 1 unspecified atom stereocenters. The van der Waals surface area contributed by atoms with Crippen LogP contribution in [0.1, 0.15) is 22.5 Å². The van der Waals surface area contributed by atoms with E-state index in [-0.39, 0.29) is 5.69 Å². The number of hydrogen-bond acceptors (Lipinski definition) is 6. The molecule has 4 N–H and O–H groups in total. The molecule has 0 fully saturated rings. The van der Waals surface area contributed by atoms with Gasteiger partial charge in [-0.25, -0.2) is 9.67 Å². The zero-order valence-corrected chi connectivity index (χ0v) is 16.7. The summed E-state index contributed by atoms with van der Waals surface area (Å²) in [6.45, 7) is 0.413. The number of aromatic nitrogens is 3. The van der Waals surface area contributed by atoms with E-state index in [0.717, 1.165) is 0 Å². The van der Waals surface area contributed by atoms with Gasteiger partial charge in [-0.3, -0.25) is 9.59 Å². The van der Waals surface area contributed by atoms with Gasteiger partial charge in [-0.05, 0) is 24.3 Å². The second-order valence-corrected chi connectivity index (χ2v) is 6.64. The third kappa shape index (κ3) is 4.39. The molecular formula is C21H22N6O3. The normalized spacial score (nSPS) is 11.4. The van der Waals surface area contributed by atoms with Crippen LogP contribution < -0.4 is 11.1 Å². The largest absolute Gasteiger partial charge is 0.380 e. The topological polar surface area (TPSA) is 126 Å². The fourth-order valence-electron chi connectivity index (χ4n) is 2.96. The number of carbonyl (C=O) groups is 2. The first-order valence-electron chi connectivity index (χ1n) is 9.25. The number of amides is 2. The van der Waals surface area contributed by atoms with Crippen LogP contribution in [0.25, 0.3) is 16.6 Å². The molecular weight excluding hydrogens is 384 g/mol. The fourth-order valence-corrected chi connectivity index (χ4v) is 2.96. The lowest BCUT2D eigenvalue weighted by Crippen LogP contribution is -2.21. The van der Waals surface area contributed by atoms with Gasteiger partial charge in [-0.2, -0.15) is 5.10 Å². The second kappa shape index (κ2) is 9.07. The maximum absolute atomic E-state index is 11.9. The molecule has 30 heavy (non-hydrogen) atoms. The van der Waals surface area contributed by atoms with Gasteiger partial charge < -0.3 is 21.1 Å². The van der Waals surface area contributed by atoms with Crippen LogP contribution in [0.3, 0.4) is 0 Å². The number of nitrogens with two attached hydrogens (primary N) is 1. The highest BCUT2D eigenvalue weighted by Gasteiger charge is 2.19. The van der Waals surface area contributed by atoms with Crippen molar-refractivity contribution in [3.63, 3.8) is 0 Å². The lowest BCUT2D eigenvalue weighted by Gasteiger charge is -2.10. The van der Waals surface area contributed by atoms with Gasteiger partial charge in [0.15, 0.2) is 5.69 Å². The number of fused-ring (bicyclic) bond motifs is 1. The van der Waals surface area contributed by atoms with Crippen LogP contribution in [-0.4, -0.2) is 63.8 Å². The number of aliphatic hydroxyl groups is 1. The molecule has 2 amide bonds. The second-order valence-electron chi connectivity index (χ2n) is 6.64. The van der Waals surface area contributed by atoms with Crippen molar-refractivity contribution in [3.8, 4) is 17.5 Å². The Morgan fingerprint density at radius 2 is 2.23 bits per heavy atom. The Balaban J connectivity index is 1.96. The van der Waals surface area contributed by atoms with Crippen molar-refractivity contribution in [2.75, 3.05) is 26.0 Å². The Morgan fingerprint density at radius 3 is 2.93 bits per heavy atom. The number of hydrogen-bond donors (Lipinski definition) is 3. The zero-order chi connectivity index (χ0) is 21.7. The minimum Gasteiger partial charge on any atom is -0.380 e. The van der Waals surface area contributed by atoms with Gasteiger partial charge in [0.2, 0.25) is 6.41 Å². The molecule has 9 heteroatoms. The minimum absolute atomic E-state index is 0.119. The van der Waals surface area contributed by atoms with E-state index in [4.69, 9.17) is 5.73 Å². The van der Waals surface area contributed by atoms with Crippen molar-refractivity contribution in [1.29, 1.82) is 0 Å². The van der Waals surface area contributed by atoms with Crippen molar-refractivity contribution in [1.82, 2.24) is 19.7 Å². The third-order valence-corrected chi connectivity index (χ3v) is 4.47. The van der Waals surface area contributed by atoms with Gasteiger partial charge in [-0.1, -0.05) is 17.9 Å². The first-order chi connectivity index (χ1) is 14.4. The van der Waals surface area contributed by atoms with Gasteiger partial charge in [0.05, 0.1) is 16.6 Å². The van der Waals surface area contributed by atoms with Crippen molar-refractivity contribution < 1.29 is 14.7 Å². The van der Waals surface area contributed by atoms with Crippen LogP contribution in [0.5, 0.6) is 0 Å². The van der Waals surface area contributed by atoms with Crippen molar-refractivity contribution in [3.05, 3.63) is 47.8 Å². The van der Waals surface area contributed by atoms with Crippen LogP contribution in [0.4, 0.5) is 5.82 Å². The zero-order valence-electron chi connectivity index (χ0n) is 16.7. The first-order valence-corrected chi connectivity index (χ1v) is 9.25. The molecule has 9 nitrogen and oxygen atoms in total. The summed E-state index contributed by atoms with van der Waals surface area (Å²) in [6, 6.07) is 9.00. The predicted octanol–water partition coefficient (Wildman–Crippen LogP) is 0.752. The average Bonchev–Trinajstić information content (AvgIpc) is 3.16. The lowest BCUT2D eigenvalue weighted by molar-refractivity contribution is -0.117. The monoisotopic (exact) mass is 406 g/mol. The summed E-state index contributed by atoms with van der Waals surface area (Å²) < 4.78 is 1.61. The summed E-state index contributed by atoms with van der Waals surface area (Å²) >= 11 is 0. The molecule has 2 heterocycles. The molecule has 0 saturated heterocycles. The molecule has 1 atom stereocenters. The highest BCUT2D eigenvalue weighted by atomic mass is 16.3. The Labute approximate surface area is 173 Å². The summed E-state index contributed by atoms with van der Waals surface area (Å²) in [5.41, 5.74) is 7.66. The molecule has 1 aromatic carbocycles. The number of rotatable bonds is 7. The molecule has 0 spiro atoms. The molecule has 0 aliphatic carbocycles. The van der Waals surface area contributed by atoms with Crippen LogP contribution in [0.15, 0.2) is 36.5 Å². The van der Waals surface area contributed by atoms with Crippen LogP contribution in [0.2, 0.25) is 0 Å². The number of nitrogens with zero attached hydrogens (tertiary/aromatic N) is 4. The molecule has 2 aromatic heterocycles. The van der Waals surface area contributed by atoms with E-state index in [0.29, 0.717) is 47.3 Å². The quantitative estimate of drug-likeness (QED) is 0.393. The Hall–Kier alpha value is -3.90. The molecule has 0 aliphatic heterocycles. The van der Waals surface area contributed by atoms with Gasteiger partial charge in [0.1, 0.15) is 11.9 Å². The molecule has 154 valence electrons. The third-order valence-electron chi connectivity index (χ3n) is 4.47. The molecule has 3 rings (SSSR count). The number of aliphatic hydroxyl groups excluding tert-OH is 1. The number of carbonyl (C=O) groups excluding carboxylic acids is 2. The Bertz CT molecular complexity index is 1140. The van der Waals surface area contributed by atoms with E-state index in [2.05, 4.69) is 27.2 Å². The van der Waals surface area contributed by atoms with Gasteiger partial charge in [-0.15, -0.1) is 0 Å². The molecule has 0 bridgehead atoms. The maximum Gasteiger partial charge on any atom is 0.270 e. The molecule has 0 aliphatic rings. The Morgan fingerprint density at radius 1 is 1.43 bits per heavy atom. The minimum atomic E-state index is -0.854. The molecule has 0 radical (unpaired) electrons. The van der Waals surface area contributed by atoms with Crippen molar-refractivity contribution >= 4 is 29.0 Å². The fraction of sp³-hybridized carbons (Fsp3) is 0.238. The summed E-state index contributed by atoms with van der Waals surface area (Å²) in [7, 11) is 3.35. The van der Waals surface area contributed by atoms with Gasteiger partial charge >= 0.3 is 0 Å². The summed E-state index contributed by atoms with van der Waals surface area (Å²) in [5, 5.41) is 17.9. The number of benzene rings is 1. The van der Waals surface area contributed by atoms with E-state index in [1.165, 1.54) is 4.90 Å². The highest BCUT2D eigenvalue weighted by molar-refractivity contribution is 6.08. The number of anilines is 1. The van der Waals surface area contributed by atoms with E-state index < -0.39 is 12.0 Å². The predicted molar refractivity (Wildman–Crippen MR) is 113 cm³/mol. The van der Waals surface area contributed by atoms with Gasteiger partial charge in [0.25, 0.3) is 5.91 Å². The SMILES string of the molecule is CNc1nccc2c1c(C(N)=O)nn2-c1cccc(C#CC(O)CCN(C)C=O)c1. The van der Waals surface area contributed by atoms with Crippen LogP contribution in [-0.2, 0) is 4.79 Å². The van der Waals surface area contributed by atoms with Crippen molar-refractivity contribution in [2.24, 2.45) is 5.73 Å². The number of nitrogens with one attached hydrogen (secondary N) is 1.